The summed E-state index contributed by atoms with van der Waals surface area (Å²) in [6.45, 7) is 4.94. The average molecular weight is 365 g/mol. The summed E-state index contributed by atoms with van der Waals surface area (Å²) in [5.74, 6) is 0.989. The Bertz CT molecular complexity index is 800. The molecule has 142 valence electrons. The molecule has 2 heterocycles. The molecule has 0 amide bonds. The summed E-state index contributed by atoms with van der Waals surface area (Å²) in [6.07, 6.45) is 9.25. The third-order valence-corrected chi connectivity index (χ3v) is 5.48. The van der Waals surface area contributed by atoms with E-state index in [0.717, 1.165) is 44.3 Å². The number of nitrogens with one attached hydrogen (secondary N) is 1. The van der Waals surface area contributed by atoms with Gasteiger partial charge in [-0.15, -0.1) is 0 Å². The van der Waals surface area contributed by atoms with E-state index >= 15 is 0 Å². The highest BCUT2D eigenvalue weighted by atomic mass is 16.3. The number of pyridine rings is 1. The van der Waals surface area contributed by atoms with Crippen molar-refractivity contribution in [1.29, 1.82) is 5.26 Å². The molecule has 0 saturated heterocycles. The Balaban J connectivity index is 1.64. The van der Waals surface area contributed by atoms with Gasteiger partial charge in [-0.05, 0) is 61.1 Å². The van der Waals surface area contributed by atoms with Crippen LogP contribution in [0.15, 0.2) is 30.7 Å². The highest BCUT2D eigenvalue weighted by molar-refractivity contribution is 5.37. The molecule has 2 N–H and O–H groups in total. The fraction of sp³-hybridized carbons (Fsp3) is 0.524. The lowest BCUT2D eigenvalue weighted by molar-refractivity contribution is -0.00748. The topological polar surface area (TPSA) is 94.7 Å². The second-order valence-corrected chi connectivity index (χ2v) is 8.05. The zero-order valence-electron chi connectivity index (χ0n) is 16.0. The van der Waals surface area contributed by atoms with Crippen LogP contribution in [0.4, 0.5) is 5.95 Å². The zero-order valence-corrected chi connectivity index (χ0v) is 16.0. The molecular weight excluding hydrogens is 338 g/mol. The molecule has 2 aromatic rings. The molecule has 2 atom stereocenters. The molecule has 6 heteroatoms. The van der Waals surface area contributed by atoms with Crippen molar-refractivity contribution in [2.75, 3.05) is 11.9 Å². The maximum atomic E-state index is 10.2. The third kappa shape index (κ3) is 5.01. The summed E-state index contributed by atoms with van der Waals surface area (Å²) >= 11 is 0. The van der Waals surface area contributed by atoms with Crippen LogP contribution in [0.5, 0.6) is 0 Å². The standard InChI is InChI=1S/C21H27N5O/c1-21(2)12-16(3-4-19(21)27)11-18-17(13-22)14-25-20(26-18)24-10-7-15-5-8-23-9-6-15/h5-6,8-9,14,16,19,27H,3-4,7,10-12H2,1-2H3,(H,24,25,26)/t16-,19-/m0/s1. The van der Waals surface area contributed by atoms with E-state index in [1.165, 1.54) is 5.56 Å². The molecule has 6 nitrogen and oxygen atoms in total. The van der Waals surface area contributed by atoms with Crippen molar-refractivity contribution in [3.63, 3.8) is 0 Å². The summed E-state index contributed by atoms with van der Waals surface area (Å²) < 4.78 is 0. The Hall–Kier alpha value is -2.52. The normalized spacial score (nSPS) is 21.4. The molecular formula is C21H27N5O. The number of aliphatic hydroxyl groups excluding tert-OH is 1. The average Bonchev–Trinajstić information content (AvgIpc) is 2.66. The van der Waals surface area contributed by atoms with Gasteiger partial charge in [0, 0.05) is 18.9 Å². The van der Waals surface area contributed by atoms with E-state index in [-0.39, 0.29) is 11.5 Å². The molecule has 1 aliphatic rings. The lowest BCUT2D eigenvalue weighted by Crippen LogP contribution is -2.37. The number of anilines is 1. The van der Waals surface area contributed by atoms with E-state index in [1.54, 1.807) is 18.6 Å². The lowest BCUT2D eigenvalue weighted by atomic mass is 9.69. The predicted molar refractivity (Wildman–Crippen MR) is 104 cm³/mol. The van der Waals surface area contributed by atoms with Gasteiger partial charge in [0.2, 0.25) is 5.95 Å². The SMILES string of the molecule is CC1(C)C[C@H](Cc2nc(NCCc3ccncc3)ncc2C#N)CC[C@@H]1O. The predicted octanol–water partition coefficient (Wildman–Crippen LogP) is 3.13. The van der Waals surface area contributed by atoms with E-state index in [0.29, 0.717) is 17.4 Å². The Kier molecular flexibility index (Phi) is 6.02. The molecule has 3 rings (SSSR count). The summed E-state index contributed by atoms with van der Waals surface area (Å²) in [5, 5.41) is 22.8. The smallest absolute Gasteiger partial charge is 0.222 e. The van der Waals surface area contributed by atoms with Crippen LogP contribution in [0.1, 0.15) is 49.9 Å². The molecule has 1 aliphatic carbocycles. The number of hydrogen-bond donors (Lipinski definition) is 2. The first-order valence-electron chi connectivity index (χ1n) is 9.55. The molecule has 0 spiro atoms. The van der Waals surface area contributed by atoms with Crippen LogP contribution in [-0.2, 0) is 12.8 Å². The van der Waals surface area contributed by atoms with E-state index in [4.69, 9.17) is 0 Å². The first-order valence-corrected chi connectivity index (χ1v) is 9.55. The van der Waals surface area contributed by atoms with Gasteiger partial charge in [-0.25, -0.2) is 9.97 Å². The summed E-state index contributed by atoms with van der Waals surface area (Å²) in [5.41, 5.74) is 2.46. The zero-order chi connectivity index (χ0) is 19.3. The highest BCUT2D eigenvalue weighted by Crippen LogP contribution is 2.40. The van der Waals surface area contributed by atoms with Gasteiger partial charge in [0.1, 0.15) is 6.07 Å². The van der Waals surface area contributed by atoms with Crippen LogP contribution in [-0.4, -0.2) is 32.7 Å². The number of rotatable bonds is 6. The van der Waals surface area contributed by atoms with Gasteiger partial charge in [-0.3, -0.25) is 4.98 Å². The quantitative estimate of drug-likeness (QED) is 0.817. The second kappa shape index (κ2) is 8.45. The Morgan fingerprint density at radius 3 is 2.78 bits per heavy atom. The fourth-order valence-electron chi connectivity index (χ4n) is 3.83. The van der Waals surface area contributed by atoms with E-state index in [2.05, 4.69) is 40.2 Å². The number of nitrogens with zero attached hydrogens (tertiary/aromatic N) is 4. The van der Waals surface area contributed by atoms with Crippen molar-refractivity contribution in [2.24, 2.45) is 11.3 Å². The van der Waals surface area contributed by atoms with Crippen LogP contribution in [0.2, 0.25) is 0 Å². The summed E-state index contributed by atoms with van der Waals surface area (Å²) in [6, 6.07) is 6.20. The third-order valence-electron chi connectivity index (χ3n) is 5.48. The van der Waals surface area contributed by atoms with Gasteiger partial charge in [-0.2, -0.15) is 5.26 Å². The number of aliphatic hydroxyl groups is 1. The van der Waals surface area contributed by atoms with Gasteiger partial charge in [0.25, 0.3) is 0 Å². The van der Waals surface area contributed by atoms with E-state index in [1.807, 2.05) is 12.1 Å². The van der Waals surface area contributed by atoms with Crippen LogP contribution >= 0.6 is 0 Å². The lowest BCUT2D eigenvalue weighted by Gasteiger charge is -2.39. The number of nitriles is 1. The molecule has 27 heavy (non-hydrogen) atoms. The van der Waals surface area contributed by atoms with Crippen LogP contribution < -0.4 is 5.32 Å². The van der Waals surface area contributed by atoms with Crippen molar-refractivity contribution in [3.8, 4) is 6.07 Å². The molecule has 0 radical (unpaired) electrons. The summed E-state index contributed by atoms with van der Waals surface area (Å²) in [7, 11) is 0. The second-order valence-electron chi connectivity index (χ2n) is 8.05. The molecule has 0 unspecified atom stereocenters. The number of hydrogen-bond acceptors (Lipinski definition) is 6. The van der Waals surface area contributed by atoms with Crippen molar-refractivity contribution < 1.29 is 5.11 Å². The molecule has 1 saturated carbocycles. The highest BCUT2D eigenvalue weighted by Gasteiger charge is 2.35. The first-order chi connectivity index (χ1) is 13.0. The minimum atomic E-state index is -0.250. The van der Waals surface area contributed by atoms with Crippen LogP contribution in [0.3, 0.4) is 0 Å². The first kappa shape index (κ1) is 19.2. The minimum absolute atomic E-state index is 0.0889. The molecule has 0 aromatic carbocycles. The van der Waals surface area contributed by atoms with Crippen molar-refractivity contribution >= 4 is 5.95 Å². The van der Waals surface area contributed by atoms with Crippen molar-refractivity contribution in [2.45, 2.75) is 52.1 Å². The van der Waals surface area contributed by atoms with Crippen molar-refractivity contribution in [3.05, 3.63) is 47.5 Å². The van der Waals surface area contributed by atoms with Gasteiger partial charge < -0.3 is 10.4 Å². The van der Waals surface area contributed by atoms with Gasteiger partial charge in [0.05, 0.1) is 23.6 Å². The molecule has 2 aromatic heterocycles. The Morgan fingerprint density at radius 2 is 2.07 bits per heavy atom. The van der Waals surface area contributed by atoms with Gasteiger partial charge in [-0.1, -0.05) is 13.8 Å². The van der Waals surface area contributed by atoms with Crippen molar-refractivity contribution in [1.82, 2.24) is 15.0 Å². The Labute approximate surface area is 160 Å². The van der Waals surface area contributed by atoms with E-state index < -0.39 is 0 Å². The fourth-order valence-corrected chi connectivity index (χ4v) is 3.83. The van der Waals surface area contributed by atoms with Gasteiger partial charge in [0.15, 0.2) is 0 Å². The monoisotopic (exact) mass is 365 g/mol. The Morgan fingerprint density at radius 1 is 1.30 bits per heavy atom. The van der Waals surface area contributed by atoms with Gasteiger partial charge >= 0.3 is 0 Å². The minimum Gasteiger partial charge on any atom is -0.393 e. The number of aromatic nitrogens is 3. The maximum Gasteiger partial charge on any atom is 0.222 e. The van der Waals surface area contributed by atoms with Crippen LogP contribution in [0.25, 0.3) is 0 Å². The van der Waals surface area contributed by atoms with E-state index in [9.17, 15) is 10.4 Å². The molecule has 1 fully saturated rings. The van der Waals surface area contributed by atoms with Crippen LogP contribution in [0, 0.1) is 22.7 Å². The largest absolute Gasteiger partial charge is 0.393 e. The molecule has 0 aliphatic heterocycles. The maximum absolute atomic E-state index is 10.2. The molecule has 0 bridgehead atoms. The summed E-state index contributed by atoms with van der Waals surface area (Å²) in [4.78, 5) is 12.9.